The predicted molar refractivity (Wildman–Crippen MR) is 74.0 cm³/mol. The number of hydrogen-bond acceptors (Lipinski definition) is 2. The molecule has 0 spiro atoms. The molecule has 1 heterocycles. The van der Waals surface area contributed by atoms with Crippen LogP contribution in [-0.4, -0.2) is 20.5 Å². The number of nitrogens with zero attached hydrogens (tertiary/aromatic N) is 2. The van der Waals surface area contributed by atoms with Crippen LogP contribution < -0.4 is 0 Å². The summed E-state index contributed by atoms with van der Waals surface area (Å²) in [6.07, 6.45) is 4.56. The van der Waals surface area contributed by atoms with Crippen molar-refractivity contribution in [1.29, 1.82) is 0 Å². The molecule has 0 saturated heterocycles. The maximum Gasteiger partial charge on any atom is 0.0850 e. The van der Waals surface area contributed by atoms with Gasteiger partial charge >= 0.3 is 0 Å². The summed E-state index contributed by atoms with van der Waals surface area (Å²) < 4.78 is 1.95. The van der Waals surface area contributed by atoms with Crippen LogP contribution >= 0.6 is 11.6 Å². The lowest BCUT2D eigenvalue weighted by Gasteiger charge is -2.28. The molecule has 2 unspecified atom stereocenters. The molecule has 0 aromatic carbocycles. The summed E-state index contributed by atoms with van der Waals surface area (Å²) in [5.41, 5.74) is 1.36. The zero-order valence-electron chi connectivity index (χ0n) is 11.5. The number of halogens is 1. The first-order chi connectivity index (χ1) is 8.51. The van der Waals surface area contributed by atoms with Gasteiger partial charge in [-0.25, -0.2) is 0 Å². The number of aryl methyl sites for hydroxylation is 2. The maximum atomic E-state index is 10.7. The summed E-state index contributed by atoms with van der Waals surface area (Å²) >= 11 is 6.40. The summed E-state index contributed by atoms with van der Waals surface area (Å²) in [5.74, 6) is 0.346. The van der Waals surface area contributed by atoms with E-state index < -0.39 is 5.60 Å². The van der Waals surface area contributed by atoms with E-state index >= 15 is 0 Å². The van der Waals surface area contributed by atoms with E-state index in [2.05, 4.69) is 25.9 Å². The fourth-order valence-corrected chi connectivity index (χ4v) is 3.30. The molecular formula is C14H23ClN2O. The molecule has 1 saturated carbocycles. The molecule has 0 bridgehead atoms. The molecule has 0 aliphatic heterocycles. The standard InChI is InChI=1S/C14H23ClN2O/c1-4-11-13(15)12(17(5-2)16-11)9-14(18)8-6-7-10(14)3/h10,18H,4-9H2,1-3H3. The Morgan fingerprint density at radius 1 is 1.50 bits per heavy atom. The molecule has 4 heteroatoms. The van der Waals surface area contributed by atoms with Crippen LogP contribution in [0.1, 0.15) is 51.4 Å². The third-order valence-electron chi connectivity index (χ3n) is 4.33. The Kier molecular flexibility index (Phi) is 4.02. The summed E-state index contributed by atoms with van der Waals surface area (Å²) in [7, 11) is 0. The van der Waals surface area contributed by atoms with Crippen LogP contribution in [0.4, 0.5) is 0 Å². The van der Waals surface area contributed by atoms with Crippen molar-refractivity contribution < 1.29 is 5.11 Å². The Morgan fingerprint density at radius 3 is 2.72 bits per heavy atom. The Labute approximate surface area is 114 Å². The predicted octanol–water partition coefficient (Wildman–Crippen LogP) is 3.21. The van der Waals surface area contributed by atoms with Crippen molar-refractivity contribution in [3.8, 4) is 0 Å². The molecule has 0 radical (unpaired) electrons. The lowest BCUT2D eigenvalue weighted by Crippen LogP contribution is -2.35. The van der Waals surface area contributed by atoms with Gasteiger partial charge < -0.3 is 5.11 Å². The molecule has 1 aliphatic carbocycles. The zero-order chi connectivity index (χ0) is 13.3. The highest BCUT2D eigenvalue weighted by Gasteiger charge is 2.39. The second-order valence-corrected chi connectivity index (χ2v) is 5.83. The second-order valence-electron chi connectivity index (χ2n) is 5.45. The lowest BCUT2D eigenvalue weighted by molar-refractivity contribution is 0.00781. The fraction of sp³-hybridized carbons (Fsp3) is 0.786. The highest BCUT2D eigenvalue weighted by molar-refractivity contribution is 6.31. The molecule has 1 N–H and O–H groups in total. The van der Waals surface area contributed by atoms with E-state index in [9.17, 15) is 5.11 Å². The van der Waals surface area contributed by atoms with Crippen LogP contribution in [0.15, 0.2) is 0 Å². The van der Waals surface area contributed by atoms with Crippen molar-refractivity contribution >= 4 is 11.6 Å². The van der Waals surface area contributed by atoms with Gasteiger partial charge in [-0.05, 0) is 32.1 Å². The monoisotopic (exact) mass is 270 g/mol. The lowest BCUT2D eigenvalue weighted by atomic mass is 9.87. The summed E-state index contributed by atoms with van der Waals surface area (Å²) in [5, 5.41) is 16.0. The van der Waals surface area contributed by atoms with Crippen LogP contribution in [0.2, 0.25) is 5.02 Å². The zero-order valence-corrected chi connectivity index (χ0v) is 12.3. The van der Waals surface area contributed by atoms with Crippen LogP contribution in [0.3, 0.4) is 0 Å². The molecule has 2 atom stereocenters. The van der Waals surface area contributed by atoms with Crippen molar-refractivity contribution in [3.63, 3.8) is 0 Å². The molecule has 102 valence electrons. The van der Waals surface area contributed by atoms with Crippen LogP contribution in [0.25, 0.3) is 0 Å². The third kappa shape index (κ3) is 2.30. The molecule has 2 rings (SSSR count). The minimum absolute atomic E-state index is 0.346. The fourth-order valence-electron chi connectivity index (χ4n) is 2.97. The van der Waals surface area contributed by atoms with Gasteiger partial charge in [0.25, 0.3) is 0 Å². The molecule has 1 aliphatic rings. The van der Waals surface area contributed by atoms with E-state index in [1.165, 1.54) is 0 Å². The minimum Gasteiger partial charge on any atom is -0.389 e. The van der Waals surface area contributed by atoms with Gasteiger partial charge in [0.2, 0.25) is 0 Å². The SMILES string of the molecule is CCc1nn(CC)c(CC2(O)CCCC2C)c1Cl. The molecular weight excluding hydrogens is 248 g/mol. The maximum absolute atomic E-state index is 10.7. The normalized spacial score (nSPS) is 27.9. The van der Waals surface area contributed by atoms with Crippen LogP contribution in [0.5, 0.6) is 0 Å². The molecule has 0 amide bonds. The molecule has 3 nitrogen and oxygen atoms in total. The molecule has 1 aromatic rings. The van der Waals surface area contributed by atoms with Gasteiger partial charge in [-0.1, -0.05) is 31.9 Å². The summed E-state index contributed by atoms with van der Waals surface area (Å²) in [4.78, 5) is 0. The van der Waals surface area contributed by atoms with Gasteiger partial charge in [-0.2, -0.15) is 5.10 Å². The Hall–Kier alpha value is -0.540. The van der Waals surface area contributed by atoms with Gasteiger partial charge in [0.05, 0.1) is 22.0 Å². The Bertz CT molecular complexity index is 430. The van der Waals surface area contributed by atoms with E-state index in [0.29, 0.717) is 12.3 Å². The topological polar surface area (TPSA) is 38.0 Å². The first-order valence-electron chi connectivity index (χ1n) is 6.98. The summed E-state index contributed by atoms with van der Waals surface area (Å²) in [6.45, 7) is 7.06. The smallest absolute Gasteiger partial charge is 0.0850 e. The average molecular weight is 271 g/mol. The number of rotatable bonds is 4. The van der Waals surface area contributed by atoms with E-state index in [-0.39, 0.29) is 0 Å². The van der Waals surface area contributed by atoms with Crippen molar-refractivity contribution in [2.24, 2.45) is 5.92 Å². The largest absolute Gasteiger partial charge is 0.389 e. The van der Waals surface area contributed by atoms with Crippen molar-refractivity contribution in [3.05, 3.63) is 16.4 Å². The van der Waals surface area contributed by atoms with Crippen LogP contribution in [0, 0.1) is 5.92 Å². The average Bonchev–Trinajstić information content (AvgIpc) is 2.83. The van der Waals surface area contributed by atoms with Crippen molar-refractivity contribution in [1.82, 2.24) is 9.78 Å². The Balaban J connectivity index is 2.30. The van der Waals surface area contributed by atoms with Crippen molar-refractivity contribution in [2.45, 2.75) is 65.0 Å². The first kappa shape index (κ1) is 13.9. The first-order valence-corrected chi connectivity index (χ1v) is 7.36. The minimum atomic E-state index is -0.596. The third-order valence-corrected chi connectivity index (χ3v) is 4.77. The van der Waals surface area contributed by atoms with E-state index in [0.717, 1.165) is 48.6 Å². The quantitative estimate of drug-likeness (QED) is 0.912. The molecule has 1 aromatic heterocycles. The number of hydrogen-bond donors (Lipinski definition) is 1. The van der Waals surface area contributed by atoms with Gasteiger partial charge in [0.15, 0.2) is 0 Å². The van der Waals surface area contributed by atoms with E-state index in [1.54, 1.807) is 0 Å². The van der Waals surface area contributed by atoms with Crippen molar-refractivity contribution in [2.75, 3.05) is 0 Å². The van der Waals surface area contributed by atoms with E-state index in [1.807, 2.05) is 4.68 Å². The molecule has 18 heavy (non-hydrogen) atoms. The van der Waals surface area contributed by atoms with Gasteiger partial charge in [-0.15, -0.1) is 0 Å². The second kappa shape index (κ2) is 5.22. The van der Waals surface area contributed by atoms with Gasteiger partial charge in [0, 0.05) is 13.0 Å². The highest BCUT2D eigenvalue weighted by Crippen LogP contribution is 2.39. The van der Waals surface area contributed by atoms with Gasteiger partial charge in [-0.3, -0.25) is 4.68 Å². The van der Waals surface area contributed by atoms with Crippen LogP contribution in [-0.2, 0) is 19.4 Å². The summed E-state index contributed by atoms with van der Waals surface area (Å²) in [6, 6.07) is 0. The van der Waals surface area contributed by atoms with E-state index in [4.69, 9.17) is 11.6 Å². The Morgan fingerprint density at radius 2 is 2.22 bits per heavy atom. The number of aliphatic hydroxyl groups is 1. The molecule has 1 fully saturated rings. The number of aromatic nitrogens is 2. The van der Waals surface area contributed by atoms with Gasteiger partial charge in [0.1, 0.15) is 0 Å². The highest BCUT2D eigenvalue weighted by atomic mass is 35.5.